The molecule has 1 aliphatic rings. The van der Waals surface area contributed by atoms with Crippen LogP contribution in [-0.4, -0.2) is 57.7 Å². The van der Waals surface area contributed by atoms with E-state index in [9.17, 15) is 9.59 Å². The molecule has 1 saturated heterocycles. The Morgan fingerprint density at radius 1 is 1.10 bits per heavy atom. The highest BCUT2D eigenvalue weighted by Crippen LogP contribution is 2.23. The Balaban J connectivity index is 1.68. The van der Waals surface area contributed by atoms with Crippen molar-refractivity contribution >= 4 is 41.2 Å². The van der Waals surface area contributed by atoms with Gasteiger partial charge in [0.05, 0.1) is 12.2 Å². The summed E-state index contributed by atoms with van der Waals surface area (Å²) < 4.78 is 1.70. The van der Waals surface area contributed by atoms with Gasteiger partial charge in [0.25, 0.3) is 0 Å². The minimum absolute atomic E-state index is 0.128. The second-order valence-corrected chi connectivity index (χ2v) is 7.71. The van der Waals surface area contributed by atoms with Crippen LogP contribution in [-0.2, 0) is 11.3 Å². The zero-order valence-electron chi connectivity index (χ0n) is 16.1. The minimum Gasteiger partial charge on any atom is -0.351 e. The molecule has 3 rings (SSSR count). The Morgan fingerprint density at radius 2 is 1.76 bits per heavy atom. The van der Waals surface area contributed by atoms with Crippen molar-refractivity contribution in [2.45, 2.75) is 19.9 Å². The molecule has 0 saturated carbocycles. The van der Waals surface area contributed by atoms with Gasteiger partial charge in [0, 0.05) is 42.8 Å². The van der Waals surface area contributed by atoms with Crippen LogP contribution in [0, 0.1) is 6.92 Å². The van der Waals surface area contributed by atoms with Gasteiger partial charge in [-0.05, 0) is 37.1 Å². The number of benzene rings is 1. The summed E-state index contributed by atoms with van der Waals surface area (Å²) in [6, 6.07) is 7.03. The Bertz CT molecular complexity index is 924. The minimum atomic E-state index is -0.453. The smallest absolute Gasteiger partial charge is 0.314 e. The number of nitrogens with two attached hydrogens (primary N) is 1. The monoisotopic (exact) mass is 435 g/mol. The van der Waals surface area contributed by atoms with Crippen LogP contribution >= 0.6 is 23.2 Å². The van der Waals surface area contributed by atoms with Crippen LogP contribution < -0.4 is 5.73 Å². The first-order chi connectivity index (χ1) is 13.8. The SMILES string of the molecule is Cc1nn(Cc2ccc(Cl)cc2)c(Cl)c1C=CC(=O)N1CCCN(C(N)=O)CC1. The van der Waals surface area contributed by atoms with Crippen LogP contribution in [0.2, 0.25) is 10.2 Å². The molecule has 1 fully saturated rings. The van der Waals surface area contributed by atoms with Gasteiger partial charge in [0.1, 0.15) is 5.15 Å². The van der Waals surface area contributed by atoms with Gasteiger partial charge < -0.3 is 15.5 Å². The molecule has 154 valence electrons. The molecule has 1 aromatic carbocycles. The van der Waals surface area contributed by atoms with Crippen LogP contribution in [0.25, 0.3) is 6.08 Å². The van der Waals surface area contributed by atoms with Crippen molar-refractivity contribution in [3.05, 3.63) is 57.3 Å². The third-order valence-electron chi connectivity index (χ3n) is 4.87. The van der Waals surface area contributed by atoms with E-state index in [1.807, 2.05) is 31.2 Å². The number of carbonyl (C=O) groups excluding carboxylic acids is 2. The Kier molecular flexibility index (Phi) is 6.82. The van der Waals surface area contributed by atoms with Gasteiger partial charge in [-0.1, -0.05) is 35.3 Å². The largest absolute Gasteiger partial charge is 0.351 e. The molecule has 2 heterocycles. The molecule has 0 aliphatic carbocycles. The van der Waals surface area contributed by atoms with E-state index < -0.39 is 6.03 Å². The van der Waals surface area contributed by atoms with Gasteiger partial charge >= 0.3 is 6.03 Å². The fourth-order valence-electron chi connectivity index (χ4n) is 3.24. The number of carbonyl (C=O) groups is 2. The fourth-order valence-corrected chi connectivity index (χ4v) is 3.67. The molecule has 3 amide bonds. The van der Waals surface area contributed by atoms with Crippen molar-refractivity contribution in [3.63, 3.8) is 0 Å². The van der Waals surface area contributed by atoms with Crippen molar-refractivity contribution in [2.75, 3.05) is 26.2 Å². The van der Waals surface area contributed by atoms with E-state index in [-0.39, 0.29) is 5.91 Å². The Morgan fingerprint density at radius 3 is 2.45 bits per heavy atom. The highest BCUT2D eigenvalue weighted by Gasteiger charge is 2.19. The van der Waals surface area contributed by atoms with Crippen LogP contribution in [0.15, 0.2) is 30.3 Å². The van der Waals surface area contributed by atoms with Crippen molar-refractivity contribution in [1.82, 2.24) is 19.6 Å². The molecule has 0 atom stereocenters. The van der Waals surface area contributed by atoms with Gasteiger partial charge in [-0.25, -0.2) is 9.48 Å². The highest BCUT2D eigenvalue weighted by atomic mass is 35.5. The van der Waals surface area contributed by atoms with Gasteiger partial charge in [-0.2, -0.15) is 5.10 Å². The maximum atomic E-state index is 12.6. The molecule has 0 bridgehead atoms. The molecular formula is C20H23Cl2N5O2. The molecule has 7 nitrogen and oxygen atoms in total. The van der Waals surface area contributed by atoms with Crippen LogP contribution in [0.3, 0.4) is 0 Å². The lowest BCUT2D eigenvalue weighted by atomic mass is 10.2. The number of hydrogen-bond acceptors (Lipinski definition) is 3. The summed E-state index contributed by atoms with van der Waals surface area (Å²) in [7, 11) is 0. The highest BCUT2D eigenvalue weighted by molar-refractivity contribution is 6.31. The average molecular weight is 436 g/mol. The first kappa shape index (κ1) is 21.2. The molecule has 2 aromatic rings. The van der Waals surface area contributed by atoms with E-state index in [1.54, 1.807) is 20.6 Å². The first-order valence-electron chi connectivity index (χ1n) is 9.34. The summed E-state index contributed by atoms with van der Waals surface area (Å²) in [5.41, 5.74) is 7.80. The zero-order chi connectivity index (χ0) is 21.0. The Hall–Kier alpha value is -2.51. The number of aromatic nitrogens is 2. The fraction of sp³-hybridized carbons (Fsp3) is 0.350. The lowest BCUT2D eigenvalue weighted by molar-refractivity contribution is -0.125. The van der Waals surface area contributed by atoms with E-state index in [0.29, 0.717) is 54.9 Å². The van der Waals surface area contributed by atoms with Crippen LogP contribution in [0.1, 0.15) is 23.2 Å². The van der Waals surface area contributed by atoms with Gasteiger partial charge in [-0.15, -0.1) is 0 Å². The molecule has 0 spiro atoms. The third kappa shape index (κ3) is 5.31. The second kappa shape index (κ2) is 9.33. The summed E-state index contributed by atoms with van der Waals surface area (Å²) >= 11 is 12.4. The van der Waals surface area contributed by atoms with Crippen LogP contribution in [0.4, 0.5) is 4.79 Å². The normalized spacial score (nSPS) is 15.0. The summed E-state index contributed by atoms with van der Waals surface area (Å²) in [6.45, 7) is 4.39. The predicted molar refractivity (Wildman–Crippen MR) is 114 cm³/mol. The number of nitrogens with zero attached hydrogens (tertiary/aromatic N) is 4. The van der Waals surface area contributed by atoms with Crippen molar-refractivity contribution in [3.8, 4) is 0 Å². The molecule has 9 heteroatoms. The molecule has 29 heavy (non-hydrogen) atoms. The third-order valence-corrected chi connectivity index (χ3v) is 5.52. The molecule has 1 aliphatic heterocycles. The number of rotatable bonds is 4. The maximum Gasteiger partial charge on any atom is 0.314 e. The number of amides is 3. The Labute approximate surface area is 179 Å². The average Bonchev–Trinajstić information content (AvgIpc) is 2.87. The molecule has 1 aromatic heterocycles. The number of hydrogen-bond donors (Lipinski definition) is 1. The van der Waals surface area contributed by atoms with Gasteiger partial charge in [0.15, 0.2) is 0 Å². The molecule has 0 radical (unpaired) electrons. The van der Waals surface area contributed by atoms with E-state index in [0.717, 1.165) is 11.3 Å². The molecule has 2 N–H and O–H groups in total. The van der Waals surface area contributed by atoms with E-state index in [4.69, 9.17) is 28.9 Å². The van der Waals surface area contributed by atoms with Gasteiger partial charge in [0.2, 0.25) is 5.91 Å². The quantitative estimate of drug-likeness (QED) is 0.748. The standard InChI is InChI=1S/C20H23Cl2N5O2/c1-14-17(19(22)27(24-14)13-15-3-5-16(21)6-4-15)7-8-18(28)25-9-2-10-26(12-11-25)20(23)29/h3-8H,2,9-13H2,1H3,(H2,23,29). The predicted octanol–water partition coefficient (Wildman–Crippen LogP) is 3.17. The molecular weight excluding hydrogens is 413 g/mol. The number of aryl methyl sites for hydroxylation is 1. The summed E-state index contributed by atoms with van der Waals surface area (Å²) in [5, 5.41) is 5.62. The van der Waals surface area contributed by atoms with Crippen molar-refractivity contribution in [2.24, 2.45) is 5.73 Å². The lowest BCUT2D eigenvalue weighted by Crippen LogP contribution is -2.39. The zero-order valence-corrected chi connectivity index (χ0v) is 17.7. The van der Waals surface area contributed by atoms with E-state index in [1.165, 1.54) is 6.08 Å². The van der Waals surface area contributed by atoms with Crippen molar-refractivity contribution < 1.29 is 9.59 Å². The number of halogens is 2. The lowest BCUT2D eigenvalue weighted by Gasteiger charge is -2.19. The second-order valence-electron chi connectivity index (χ2n) is 6.91. The van der Waals surface area contributed by atoms with E-state index in [2.05, 4.69) is 5.10 Å². The maximum absolute atomic E-state index is 12.6. The summed E-state index contributed by atoms with van der Waals surface area (Å²) in [4.78, 5) is 27.2. The van der Waals surface area contributed by atoms with E-state index >= 15 is 0 Å². The summed E-state index contributed by atoms with van der Waals surface area (Å²) in [5.74, 6) is -0.128. The first-order valence-corrected chi connectivity index (χ1v) is 10.1. The van der Waals surface area contributed by atoms with Crippen LogP contribution in [0.5, 0.6) is 0 Å². The van der Waals surface area contributed by atoms with Gasteiger partial charge in [-0.3, -0.25) is 4.79 Å². The molecule has 0 unspecified atom stereocenters. The summed E-state index contributed by atoms with van der Waals surface area (Å²) in [6.07, 6.45) is 3.89. The topological polar surface area (TPSA) is 84.5 Å². The number of primary amides is 1. The van der Waals surface area contributed by atoms with Crippen molar-refractivity contribution in [1.29, 1.82) is 0 Å². The number of urea groups is 1.